The van der Waals surface area contributed by atoms with E-state index in [9.17, 15) is 0 Å². The molecule has 0 aliphatic carbocycles. The molecule has 5 nitrogen and oxygen atoms in total. The lowest BCUT2D eigenvalue weighted by atomic mass is 9.90. The summed E-state index contributed by atoms with van der Waals surface area (Å²) in [6, 6.07) is 10.9. The van der Waals surface area contributed by atoms with Crippen molar-refractivity contribution in [2.45, 2.75) is 18.9 Å². The molecular formula is C18H25N5. The summed E-state index contributed by atoms with van der Waals surface area (Å²) in [7, 11) is 2.19. The minimum atomic E-state index is 0.601. The summed E-state index contributed by atoms with van der Waals surface area (Å²) in [4.78, 5) is 2.37. The molecule has 0 bridgehead atoms. The third-order valence-electron chi connectivity index (χ3n) is 5.14. The quantitative estimate of drug-likeness (QED) is 0.908. The van der Waals surface area contributed by atoms with E-state index in [0.717, 1.165) is 38.5 Å². The van der Waals surface area contributed by atoms with Gasteiger partial charge in [-0.2, -0.15) is 5.10 Å². The van der Waals surface area contributed by atoms with Crippen molar-refractivity contribution < 1.29 is 0 Å². The number of fused-ring (bicyclic) bond motifs is 2. The van der Waals surface area contributed by atoms with Crippen molar-refractivity contribution >= 4 is 11.5 Å². The second-order valence-corrected chi connectivity index (χ2v) is 6.77. The second kappa shape index (κ2) is 6.24. The highest BCUT2D eigenvalue weighted by molar-refractivity contribution is 5.56. The zero-order valence-corrected chi connectivity index (χ0v) is 13.7. The fraction of sp³-hybridized carbons (Fsp3) is 0.500. The van der Waals surface area contributed by atoms with Crippen LogP contribution in [-0.2, 0) is 6.54 Å². The van der Waals surface area contributed by atoms with Crippen LogP contribution in [0.2, 0.25) is 0 Å². The van der Waals surface area contributed by atoms with Crippen LogP contribution < -0.4 is 15.5 Å². The Hall–Kier alpha value is -2.01. The van der Waals surface area contributed by atoms with Gasteiger partial charge in [-0.3, -0.25) is 0 Å². The summed E-state index contributed by atoms with van der Waals surface area (Å²) in [6.07, 6.45) is 3.10. The van der Waals surface area contributed by atoms with Gasteiger partial charge in [0.25, 0.3) is 0 Å². The van der Waals surface area contributed by atoms with Gasteiger partial charge in [-0.15, -0.1) is 0 Å². The van der Waals surface area contributed by atoms with Gasteiger partial charge in [-0.1, -0.05) is 18.2 Å². The number of para-hydroxylation sites is 1. The zero-order chi connectivity index (χ0) is 15.6. The van der Waals surface area contributed by atoms with Crippen molar-refractivity contribution in [2.75, 3.05) is 43.4 Å². The van der Waals surface area contributed by atoms with Crippen LogP contribution >= 0.6 is 0 Å². The van der Waals surface area contributed by atoms with Gasteiger partial charge >= 0.3 is 0 Å². The minimum Gasteiger partial charge on any atom is -0.374 e. The van der Waals surface area contributed by atoms with Crippen LogP contribution in [0.5, 0.6) is 0 Å². The molecule has 0 fully saturated rings. The molecule has 2 aromatic rings. The Morgan fingerprint density at radius 2 is 2.17 bits per heavy atom. The first kappa shape index (κ1) is 14.6. The van der Waals surface area contributed by atoms with E-state index in [4.69, 9.17) is 0 Å². The number of rotatable bonds is 4. The highest BCUT2D eigenvalue weighted by atomic mass is 15.3. The fourth-order valence-electron chi connectivity index (χ4n) is 3.80. The molecule has 122 valence electrons. The molecule has 5 heteroatoms. The number of nitrogens with one attached hydrogen (secondary N) is 2. The van der Waals surface area contributed by atoms with Gasteiger partial charge in [0.2, 0.25) is 0 Å². The van der Waals surface area contributed by atoms with Gasteiger partial charge in [0.15, 0.2) is 0 Å². The highest BCUT2D eigenvalue weighted by Gasteiger charge is 2.23. The van der Waals surface area contributed by atoms with Crippen molar-refractivity contribution in [3.05, 3.63) is 42.1 Å². The van der Waals surface area contributed by atoms with E-state index in [0.29, 0.717) is 11.8 Å². The molecule has 1 aromatic carbocycles. The Labute approximate surface area is 137 Å². The van der Waals surface area contributed by atoms with Gasteiger partial charge in [0.1, 0.15) is 5.82 Å². The number of hydrogen-bond acceptors (Lipinski definition) is 4. The molecule has 2 unspecified atom stereocenters. The van der Waals surface area contributed by atoms with Crippen LogP contribution in [0, 0.1) is 5.92 Å². The average Bonchev–Trinajstić information content (AvgIpc) is 3.05. The average molecular weight is 311 g/mol. The van der Waals surface area contributed by atoms with Crippen LogP contribution in [0.4, 0.5) is 11.5 Å². The van der Waals surface area contributed by atoms with Gasteiger partial charge in [-0.05, 0) is 18.1 Å². The molecule has 23 heavy (non-hydrogen) atoms. The summed E-state index contributed by atoms with van der Waals surface area (Å²) in [5, 5.41) is 11.5. The number of hydrogen-bond donors (Lipinski definition) is 2. The standard InChI is InChI=1S/C18H25N5/c1-22-9-7-15(16-4-2-3-5-17(16)22)12-19-10-14-11-20-18-6-8-21-23(18)13-14/h2-6,8,14-15,19-20H,7,9-13H2,1H3. The zero-order valence-electron chi connectivity index (χ0n) is 13.7. The summed E-state index contributed by atoms with van der Waals surface area (Å²) >= 11 is 0. The molecule has 2 atom stereocenters. The van der Waals surface area contributed by atoms with Crippen LogP contribution in [0.15, 0.2) is 36.5 Å². The van der Waals surface area contributed by atoms with Crippen molar-refractivity contribution in [3.63, 3.8) is 0 Å². The smallest absolute Gasteiger partial charge is 0.124 e. The molecule has 2 aliphatic heterocycles. The van der Waals surface area contributed by atoms with Crippen molar-refractivity contribution in [1.82, 2.24) is 15.1 Å². The molecule has 0 amide bonds. The van der Waals surface area contributed by atoms with Gasteiger partial charge in [0, 0.05) is 63.4 Å². The Balaban J connectivity index is 1.33. The van der Waals surface area contributed by atoms with E-state index in [-0.39, 0.29) is 0 Å². The van der Waals surface area contributed by atoms with Crippen molar-refractivity contribution in [3.8, 4) is 0 Å². The highest BCUT2D eigenvalue weighted by Crippen LogP contribution is 2.33. The predicted octanol–water partition coefficient (Wildman–Crippen LogP) is 2.14. The molecular weight excluding hydrogens is 286 g/mol. The second-order valence-electron chi connectivity index (χ2n) is 6.77. The van der Waals surface area contributed by atoms with Crippen molar-refractivity contribution in [1.29, 1.82) is 0 Å². The maximum absolute atomic E-state index is 4.36. The first-order valence-electron chi connectivity index (χ1n) is 8.58. The van der Waals surface area contributed by atoms with Gasteiger partial charge in [-0.25, -0.2) is 4.68 Å². The third-order valence-corrected chi connectivity index (χ3v) is 5.14. The largest absolute Gasteiger partial charge is 0.374 e. The fourth-order valence-corrected chi connectivity index (χ4v) is 3.80. The van der Waals surface area contributed by atoms with E-state index in [2.05, 4.69) is 56.6 Å². The minimum absolute atomic E-state index is 0.601. The number of benzene rings is 1. The monoisotopic (exact) mass is 311 g/mol. The lowest BCUT2D eigenvalue weighted by Crippen LogP contribution is -2.38. The van der Waals surface area contributed by atoms with Crippen LogP contribution in [0.25, 0.3) is 0 Å². The summed E-state index contributed by atoms with van der Waals surface area (Å²) in [5.74, 6) is 2.37. The molecule has 2 aliphatic rings. The lowest BCUT2D eigenvalue weighted by Gasteiger charge is -2.34. The molecule has 1 aromatic heterocycles. The van der Waals surface area contributed by atoms with Gasteiger partial charge in [0.05, 0.1) is 6.20 Å². The summed E-state index contributed by atoms with van der Waals surface area (Å²) < 4.78 is 2.07. The first-order valence-corrected chi connectivity index (χ1v) is 8.58. The maximum Gasteiger partial charge on any atom is 0.124 e. The Morgan fingerprint density at radius 1 is 1.26 bits per heavy atom. The molecule has 2 N–H and O–H groups in total. The number of anilines is 2. The van der Waals surface area contributed by atoms with Crippen molar-refractivity contribution in [2.24, 2.45) is 5.92 Å². The maximum atomic E-state index is 4.36. The third kappa shape index (κ3) is 2.93. The van der Waals surface area contributed by atoms with E-state index in [1.54, 1.807) is 0 Å². The molecule has 3 heterocycles. The first-order chi connectivity index (χ1) is 11.3. The normalized spacial score (nSPS) is 23.1. The van der Waals surface area contributed by atoms with E-state index in [1.165, 1.54) is 17.7 Å². The molecule has 0 saturated carbocycles. The summed E-state index contributed by atoms with van der Waals surface area (Å²) in [6.45, 7) is 5.29. The Bertz CT molecular complexity index is 665. The molecule has 0 radical (unpaired) electrons. The van der Waals surface area contributed by atoms with E-state index < -0.39 is 0 Å². The number of aromatic nitrogens is 2. The topological polar surface area (TPSA) is 45.1 Å². The SMILES string of the molecule is CN1CCC(CNCC2CNc3ccnn3C2)c2ccccc21. The van der Waals surface area contributed by atoms with Gasteiger partial charge < -0.3 is 15.5 Å². The molecule has 4 rings (SSSR count). The number of nitrogens with zero attached hydrogens (tertiary/aromatic N) is 3. The molecule has 0 saturated heterocycles. The van der Waals surface area contributed by atoms with E-state index in [1.807, 2.05) is 12.3 Å². The lowest BCUT2D eigenvalue weighted by molar-refractivity contribution is 0.383. The van der Waals surface area contributed by atoms with Crippen LogP contribution in [0.3, 0.4) is 0 Å². The van der Waals surface area contributed by atoms with Crippen LogP contribution in [0.1, 0.15) is 17.9 Å². The predicted molar refractivity (Wildman–Crippen MR) is 94.1 cm³/mol. The molecule has 0 spiro atoms. The van der Waals surface area contributed by atoms with Crippen LogP contribution in [-0.4, -0.2) is 43.0 Å². The van der Waals surface area contributed by atoms with E-state index >= 15 is 0 Å². The summed E-state index contributed by atoms with van der Waals surface area (Å²) in [5.41, 5.74) is 2.89. The Morgan fingerprint density at radius 3 is 3.13 bits per heavy atom. The Kier molecular flexibility index (Phi) is 3.95.